The number of benzene rings is 1. The molecule has 5 heterocycles. The van der Waals surface area contributed by atoms with E-state index in [9.17, 15) is 32.3 Å². The number of halogens is 3. The van der Waals surface area contributed by atoms with Crippen LogP contribution < -0.4 is 20.3 Å². The van der Waals surface area contributed by atoms with Crippen molar-refractivity contribution < 1.29 is 41.8 Å². The van der Waals surface area contributed by atoms with Gasteiger partial charge in [0.05, 0.1) is 36.3 Å². The van der Waals surface area contributed by atoms with Gasteiger partial charge in [0.15, 0.2) is 0 Å². The van der Waals surface area contributed by atoms with Crippen LogP contribution in [0.4, 0.5) is 29.5 Å². The van der Waals surface area contributed by atoms with Crippen LogP contribution in [0.2, 0.25) is 0 Å². The molecule has 3 N–H and O–H groups in total. The molecule has 3 aromatic heterocycles. The van der Waals surface area contributed by atoms with E-state index >= 15 is 0 Å². The van der Waals surface area contributed by atoms with Gasteiger partial charge in [0.1, 0.15) is 23.4 Å². The molecule has 1 saturated carbocycles. The summed E-state index contributed by atoms with van der Waals surface area (Å²) in [5, 5.41) is 5.26. The van der Waals surface area contributed by atoms with E-state index in [2.05, 4.69) is 54.1 Å². The number of hydrogen-bond donors (Lipinski definition) is 3. The highest BCUT2D eigenvalue weighted by atomic mass is 19.4. The van der Waals surface area contributed by atoms with Crippen molar-refractivity contribution in [2.75, 3.05) is 43.5 Å². The molecule has 4 amide bonds. The number of anilines is 2. The molecular weight excluding hydrogens is 796 g/mol. The molecule has 0 radical (unpaired) electrons. The van der Waals surface area contributed by atoms with Crippen LogP contribution in [0, 0.1) is 17.3 Å². The molecule has 1 aromatic carbocycles. The quantitative estimate of drug-likeness (QED) is 0.146. The summed E-state index contributed by atoms with van der Waals surface area (Å²) in [5.41, 5.74) is 1.71. The van der Waals surface area contributed by atoms with E-state index in [1.165, 1.54) is 31.6 Å². The monoisotopic (exact) mass is 845 g/mol. The number of pyridine rings is 2. The maximum Gasteiger partial charge on any atom is 0.573 e. The Morgan fingerprint density at radius 2 is 1.74 bits per heavy atom. The average molecular weight is 846 g/mol. The Morgan fingerprint density at radius 1 is 0.967 bits per heavy atom. The van der Waals surface area contributed by atoms with Crippen molar-refractivity contribution in [3.8, 4) is 28.3 Å². The zero-order valence-electron chi connectivity index (χ0n) is 34.9. The number of carbonyl (C=O) groups excluding carboxylic acids is 4. The van der Waals surface area contributed by atoms with Crippen molar-refractivity contribution in [3.63, 3.8) is 0 Å². The minimum Gasteiger partial charge on any atom is -0.453 e. The second kappa shape index (κ2) is 17.0. The van der Waals surface area contributed by atoms with E-state index in [1.807, 2.05) is 25.7 Å². The fraction of sp³-hybridized carbons (Fsp3) is 0.465. The first-order valence-electron chi connectivity index (χ1n) is 20.3. The molecule has 7 rings (SSSR count). The van der Waals surface area contributed by atoms with Gasteiger partial charge < -0.3 is 39.8 Å². The minimum atomic E-state index is -5.03. The molecule has 4 atom stereocenters. The zero-order valence-corrected chi connectivity index (χ0v) is 34.9. The number of H-pyrrole nitrogens is 1. The maximum atomic E-state index is 13.7. The molecule has 18 heteroatoms. The molecule has 4 aromatic rings. The van der Waals surface area contributed by atoms with E-state index in [-0.39, 0.29) is 63.7 Å². The number of methoxy groups -OCH3 is 1. The van der Waals surface area contributed by atoms with Crippen LogP contribution in [0.5, 0.6) is 5.75 Å². The molecule has 0 spiro atoms. The molecule has 324 valence electrons. The largest absolute Gasteiger partial charge is 0.573 e. The van der Waals surface area contributed by atoms with Gasteiger partial charge in [0, 0.05) is 73.4 Å². The average Bonchev–Trinajstić information content (AvgIpc) is 3.56. The lowest BCUT2D eigenvalue weighted by molar-refractivity contribution is -0.274. The van der Waals surface area contributed by atoms with Gasteiger partial charge in [-0.05, 0) is 73.9 Å². The van der Waals surface area contributed by atoms with Crippen LogP contribution in [-0.2, 0) is 14.3 Å². The summed E-state index contributed by atoms with van der Waals surface area (Å²) in [6.07, 6.45) is 1.06. The SMILES string of the molecule is COC(=O)NC(C(=O)N1CCC[C@H]1c1ncc(-c2ccc(-c3ccc(NC(=O)c4ccc(N5CCN(C(=O)[C@H]6CC6(C)C)C[C@@H]5C)nc4)cc3OC(F)(F)F)nc2)[nH]1)C(C)C. The Balaban J connectivity index is 1.01. The van der Waals surface area contributed by atoms with Gasteiger partial charge in [0.2, 0.25) is 11.8 Å². The third-order valence-electron chi connectivity index (χ3n) is 11.7. The highest BCUT2D eigenvalue weighted by Crippen LogP contribution is 2.52. The van der Waals surface area contributed by atoms with Crippen molar-refractivity contribution >= 4 is 35.3 Å². The van der Waals surface area contributed by atoms with E-state index in [0.29, 0.717) is 55.5 Å². The summed E-state index contributed by atoms with van der Waals surface area (Å²) in [6, 6.07) is 9.32. The lowest BCUT2D eigenvalue weighted by Crippen LogP contribution is -2.54. The van der Waals surface area contributed by atoms with Gasteiger partial charge >= 0.3 is 12.5 Å². The van der Waals surface area contributed by atoms with Crippen molar-refractivity contribution in [3.05, 3.63) is 72.4 Å². The van der Waals surface area contributed by atoms with E-state index < -0.39 is 30.2 Å². The summed E-state index contributed by atoms with van der Waals surface area (Å²) in [6.45, 7) is 12.1. The predicted octanol–water partition coefficient (Wildman–Crippen LogP) is 6.81. The Labute approximate surface area is 351 Å². The number of imidazole rings is 1. The van der Waals surface area contributed by atoms with E-state index in [4.69, 9.17) is 4.74 Å². The number of ether oxygens (including phenoxy) is 2. The number of nitrogens with one attached hydrogen (secondary N) is 3. The third kappa shape index (κ3) is 9.57. The van der Waals surface area contributed by atoms with Crippen molar-refractivity contribution in [2.24, 2.45) is 17.3 Å². The van der Waals surface area contributed by atoms with Crippen molar-refractivity contribution in [2.45, 2.75) is 78.4 Å². The molecule has 0 bridgehead atoms. The molecule has 2 saturated heterocycles. The lowest BCUT2D eigenvalue weighted by Gasteiger charge is -2.40. The third-order valence-corrected chi connectivity index (χ3v) is 11.7. The number of amides is 4. The first kappa shape index (κ1) is 42.9. The fourth-order valence-electron chi connectivity index (χ4n) is 8.08. The zero-order chi connectivity index (χ0) is 43.8. The van der Waals surface area contributed by atoms with Gasteiger partial charge in [-0.25, -0.2) is 14.8 Å². The number of hydrogen-bond acceptors (Lipinski definition) is 10. The van der Waals surface area contributed by atoms with Gasteiger partial charge in [-0.2, -0.15) is 0 Å². The second-order valence-electron chi connectivity index (χ2n) is 16.9. The number of likely N-dealkylation sites (tertiary alicyclic amines) is 1. The van der Waals surface area contributed by atoms with Crippen LogP contribution in [0.15, 0.2) is 61.1 Å². The number of aromatic amines is 1. The van der Waals surface area contributed by atoms with Crippen LogP contribution in [0.25, 0.3) is 22.5 Å². The number of alkyl halides is 3. The summed E-state index contributed by atoms with van der Waals surface area (Å²) in [7, 11) is 1.24. The van der Waals surface area contributed by atoms with Crippen LogP contribution >= 0.6 is 0 Å². The minimum absolute atomic E-state index is 0.0100. The Bertz CT molecular complexity index is 2260. The summed E-state index contributed by atoms with van der Waals surface area (Å²) in [4.78, 5) is 74.1. The number of rotatable bonds is 11. The van der Waals surface area contributed by atoms with Crippen LogP contribution in [0.3, 0.4) is 0 Å². The van der Waals surface area contributed by atoms with Gasteiger partial charge in [-0.3, -0.25) is 19.4 Å². The first-order chi connectivity index (χ1) is 28.9. The Kier molecular flexibility index (Phi) is 12.0. The highest BCUT2D eigenvalue weighted by molar-refractivity contribution is 6.04. The van der Waals surface area contributed by atoms with E-state index in [0.717, 1.165) is 18.9 Å². The summed E-state index contributed by atoms with van der Waals surface area (Å²) >= 11 is 0. The molecular formula is C43H50F3N9O6. The standard InChI is InChI=1S/C43H50F3N9O6/c1-24(2)36(52-41(59)60-6)40(58)55-15-7-8-33(55)37-49-22-32(51-37)26-9-13-31(47-20-26)29-12-11-28(18-34(29)61-43(44,45)46)50-38(56)27-10-14-35(48-21-27)54-17-16-53(23-25(54)3)39(57)30-19-42(30,4)5/h9-14,18,20-22,24-25,30,33,36H,7-8,15-17,19,23H2,1-6H3,(H,49,51)(H,50,56)(H,52,59)/t25-,30+,33-,36?/m0/s1. The predicted molar refractivity (Wildman–Crippen MR) is 219 cm³/mol. The second-order valence-corrected chi connectivity index (χ2v) is 16.9. The van der Waals surface area contributed by atoms with Crippen LogP contribution in [0.1, 0.15) is 76.1 Å². The van der Waals surface area contributed by atoms with Crippen LogP contribution in [-0.4, -0.2) is 105 Å². The summed E-state index contributed by atoms with van der Waals surface area (Å²) in [5.74, 6) is -0.115. The molecule has 3 fully saturated rings. The van der Waals surface area contributed by atoms with Crippen molar-refractivity contribution in [1.82, 2.24) is 35.1 Å². The van der Waals surface area contributed by atoms with Gasteiger partial charge in [-0.15, -0.1) is 13.2 Å². The van der Waals surface area contributed by atoms with Gasteiger partial charge in [-0.1, -0.05) is 27.7 Å². The molecule has 1 unspecified atom stereocenters. The number of nitrogens with zero attached hydrogens (tertiary/aromatic N) is 6. The highest BCUT2D eigenvalue weighted by Gasteiger charge is 2.52. The van der Waals surface area contributed by atoms with E-state index in [1.54, 1.807) is 35.4 Å². The smallest absolute Gasteiger partial charge is 0.453 e. The lowest BCUT2D eigenvalue weighted by atomic mass is 10.0. The molecule has 61 heavy (non-hydrogen) atoms. The maximum absolute atomic E-state index is 13.7. The van der Waals surface area contributed by atoms with Gasteiger partial charge in [0.25, 0.3) is 5.91 Å². The van der Waals surface area contributed by atoms with Crippen molar-refractivity contribution in [1.29, 1.82) is 0 Å². The number of aromatic nitrogens is 4. The molecule has 3 aliphatic rings. The summed E-state index contributed by atoms with van der Waals surface area (Å²) < 4.78 is 50.1. The number of carbonyl (C=O) groups is 4. The number of piperazine rings is 1. The topological polar surface area (TPSA) is 175 Å². The first-order valence-corrected chi connectivity index (χ1v) is 20.3. The fourth-order valence-corrected chi connectivity index (χ4v) is 8.08. The molecule has 2 aliphatic heterocycles. The number of alkyl carbamates (subject to hydrolysis) is 1. The molecule has 1 aliphatic carbocycles. The Hall–Kier alpha value is -6.20. The molecule has 15 nitrogen and oxygen atoms in total. The Morgan fingerprint density at radius 3 is 2.36 bits per heavy atom. The normalized spacial score (nSPS) is 20.3.